The van der Waals surface area contributed by atoms with Crippen LogP contribution in [0, 0.1) is 0 Å². The highest BCUT2D eigenvalue weighted by Gasteiger charge is 2.50. The van der Waals surface area contributed by atoms with Gasteiger partial charge in [0.05, 0.1) is 13.2 Å². The molecule has 2 aliphatic rings. The summed E-state index contributed by atoms with van der Waals surface area (Å²) in [6.45, 7) is -1.85. The van der Waals surface area contributed by atoms with Crippen LogP contribution in [0.25, 0.3) is 0 Å². The number of hydrogen-bond acceptors (Lipinski definition) is 13. The molecule has 0 aliphatic carbocycles. The van der Waals surface area contributed by atoms with Gasteiger partial charge in [0.1, 0.15) is 48.8 Å². The van der Waals surface area contributed by atoms with Gasteiger partial charge in [-0.1, -0.05) is 0 Å². The molecule has 0 amide bonds. The highest BCUT2D eigenvalue weighted by molar-refractivity contribution is 7.46. The van der Waals surface area contributed by atoms with Crippen molar-refractivity contribution in [1.29, 1.82) is 0 Å². The first-order valence-electron chi connectivity index (χ1n) is 8.55. The lowest BCUT2D eigenvalue weighted by Crippen LogP contribution is -2.64. The monoisotopic (exact) mass is 502 g/mol. The molecule has 2 aliphatic heterocycles. The lowest BCUT2D eigenvalue weighted by molar-refractivity contribution is -0.361. The maximum Gasteiger partial charge on any atom is 0.469 e. The van der Waals surface area contributed by atoms with Crippen LogP contribution in [-0.2, 0) is 32.4 Å². The predicted molar refractivity (Wildman–Crippen MR) is 90.4 cm³/mol. The van der Waals surface area contributed by atoms with Gasteiger partial charge in [0.15, 0.2) is 12.6 Å². The fraction of sp³-hybridized carbons (Fsp3) is 1.00. The minimum absolute atomic E-state index is 0.915. The number of phosphoric acid groups is 2. The minimum Gasteiger partial charge on any atom is -0.387 e. The topological polar surface area (TPSA) is 283 Å². The van der Waals surface area contributed by atoms with Crippen molar-refractivity contribution in [3.8, 4) is 0 Å². The summed E-state index contributed by atoms with van der Waals surface area (Å²) in [4.78, 5) is 34.8. The lowest BCUT2D eigenvalue weighted by Gasteiger charge is -2.45. The molecule has 2 heterocycles. The summed E-state index contributed by atoms with van der Waals surface area (Å²) < 4.78 is 45.0. The van der Waals surface area contributed by atoms with Gasteiger partial charge in [-0.2, -0.15) is 0 Å². The normalized spacial score (nSPS) is 42.5. The summed E-state index contributed by atoms with van der Waals surface area (Å²) in [7, 11) is -9.93. The number of ether oxygens (including phenoxy) is 3. The van der Waals surface area contributed by atoms with E-state index in [1.807, 2.05) is 0 Å². The Kier molecular flexibility index (Phi) is 9.11. The lowest BCUT2D eigenvalue weighted by atomic mass is 9.97. The molecule has 0 radical (unpaired) electrons. The largest absolute Gasteiger partial charge is 0.469 e. The molecule has 0 saturated carbocycles. The number of phosphoric ester groups is 2. The van der Waals surface area contributed by atoms with Crippen molar-refractivity contribution in [3.05, 3.63) is 0 Å². The van der Waals surface area contributed by atoms with Crippen molar-refractivity contribution in [3.63, 3.8) is 0 Å². The van der Waals surface area contributed by atoms with Crippen molar-refractivity contribution in [2.45, 2.75) is 61.4 Å². The van der Waals surface area contributed by atoms with E-state index in [4.69, 9.17) is 33.8 Å². The summed E-state index contributed by atoms with van der Waals surface area (Å²) in [6.07, 6.45) is -18.7. The van der Waals surface area contributed by atoms with Crippen LogP contribution in [0.15, 0.2) is 0 Å². The first kappa shape index (κ1) is 27.1. The highest BCUT2D eigenvalue weighted by Crippen LogP contribution is 2.38. The molecule has 19 heteroatoms. The molecule has 17 nitrogen and oxygen atoms in total. The third-order valence-corrected chi connectivity index (χ3v) is 5.41. The van der Waals surface area contributed by atoms with E-state index in [-0.39, 0.29) is 0 Å². The van der Waals surface area contributed by atoms with E-state index in [2.05, 4.69) is 9.05 Å². The summed E-state index contributed by atoms with van der Waals surface area (Å²) in [5.41, 5.74) is 0. The van der Waals surface area contributed by atoms with Crippen LogP contribution >= 0.6 is 15.6 Å². The second-order valence-corrected chi connectivity index (χ2v) is 9.21. The van der Waals surface area contributed by atoms with Crippen LogP contribution in [0.2, 0.25) is 0 Å². The average molecular weight is 502 g/mol. The van der Waals surface area contributed by atoms with Gasteiger partial charge in [-0.05, 0) is 0 Å². The smallest absolute Gasteiger partial charge is 0.387 e. The second kappa shape index (κ2) is 10.4. The van der Waals surface area contributed by atoms with Crippen LogP contribution in [0.5, 0.6) is 0 Å². The van der Waals surface area contributed by atoms with Crippen molar-refractivity contribution >= 4 is 15.6 Å². The molecule has 2 rings (SSSR count). The fourth-order valence-electron chi connectivity index (χ4n) is 2.87. The number of hydrogen-bond donors (Lipinski definition) is 10. The number of aliphatic hydroxyl groups excluding tert-OH is 6. The van der Waals surface area contributed by atoms with Gasteiger partial charge in [0, 0.05) is 0 Å². The Hall–Kier alpha value is -0.140. The van der Waals surface area contributed by atoms with Crippen LogP contribution in [0.3, 0.4) is 0 Å². The summed E-state index contributed by atoms with van der Waals surface area (Å²) >= 11 is 0. The van der Waals surface area contributed by atoms with Gasteiger partial charge in [-0.25, -0.2) is 9.13 Å². The molecule has 10 atom stereocenters. The van der Waals surface area contributed by atoms with Crippen LogP contribution < -0.4 is 0 Å². The third kappa shape index (κ3) is 7.43. The van der Waals surface area contributed by atoms with Crippen molar-refractivity contribution < 1.29 is 82.6 Å². The molecule has 2 saturated heterocycles. The quantitative estimate of drug-likeness (QED) is 0.139. The van der Waals surface area contributed by atoms with E-state index < -0.39 is 90.3 Å². The molecule has 184 valence electrons. The first-order valence-corrected chi connectivity index (χ1v) is 11.6. The average Bonchev–Trinajstić information content (AvgIpc) is 2.64. The van der Waals surface area contributed by atoms with Crippen molar-refractivity contribution in [1.82, 2.24) is 0 Å². The SMILES string of the molecule is O=P(O)(O)OC[C@H]1O[C@H](O[C@@H]2[C@@H](O)[C@H](O)[C@@H](COP(=O)(O)O)O[C@@H]2O)[C@H](O)[C@@H](O)[C@@H]1O. The summed E-state index contributed by atoms with van der Waals surface area (Å²) in [6, 6.07) is 0. The second-order valence-electron chi connectivity index (χ2n) is 6.73. The third-order valence-electron chi connectivity index (χ3n) is 4.44. The Labute approximate surface area is 173 Å². The standard InChI is InChI=1S/C12H24O17P2/c13-5-4(2-26-31(22,23)24)28-12(9(17)7(5)15)29-10-8(16)6(14)3(27-11(10)18)1-25-30(19,20)21/h3-18H,1-2H2,(H2,19,20,21)(H2,22,23,24)/t3-,4-,5-,6-,7+,8+,9-,10-,11+,12-/m1/s1. The van der Waals surface area contributed by atoms with Crippen molar-refractivity contribution in [2.75, 3.05) is 13.2 Å². The van der Waals surface area contributed by atoms with Crippen LogP contribution in [0.1, 0.15) is 0 Å². The number of aliphatic hydroxyl groups is 6. The molecule has 0 unspecified atom stereocenters. The summed E-state index contributed by atoms with van der Waals surface area (Å²) in [5.74, 6) is 0. The molecule has 10 N–H and O–H groups in total. The zero-order valence-corrected chi connectivity index (χ0v) is 17.2. The Morgan fingerprint density at radius 1 is 0.645 bits per heavy atom. The molecular formula is C12H24O17P2. The van der Waals surface area contributed by atoms with E-state index in [1.165, 1.54) is 0 Å². The van der Waals surface area contributed by atoms with Gasteiger partial charge in [-0.3, -0.25) is 9.05 Å². The molecule has 0 bridgehead atoms. The van der Waals surface area contributed by atoms with Crippen molar-refractivity contribution in [2.24, 2.45) is 0 Å². The molecule has 0 aromatic heterocycles. The maximum atomic E-state index is 10.8. The minimum atomic E-state index is -4.98. The Morgan fingerprint density at radius 2 is 1.10 bits per heavy atom. The Balaban J connectivity index is 2.05. The van der Waals surface area contributed by atoms with Crippen LogP contribution in [0.4, 0.5) is 0 Å². The highest BCUT2D eigenvalue weighted by atomic mass is 31.2. The van der Waals surface area contributed by atoms with Gasteiger partial charge in [-0.15, -0.1) is 0 Å². The van der Waals surface area contributed by atoms with Gasteiger partial charge < -0.3 is 64.4 Å². The zero-order valence-electron chi connectivity index (χ0n) is 15.4. The molecule has 31 heavy (non-hydrogen) atoms. The molecule has 2 fully saturated rings. The van der Waals surface area contributed by atoms with Gasteiger partial charge in [0.2, 0.25) is 0 Å². The van der Waals surface area contributed by atoms with Crippen LogP contribution in [-0.4, -0.2) is 125 Å². The van der Waals surface area contributed by atoms with Gasteiger partial charge in [0.25, 0.3) is 0 Å². The Bertz CT molecular complexity index is 680. The summed E-state index contributed by atoms with van der Waals surface area (Å²) in [5, 5.41) is 60.0. The number of rotatable bonds is 8. The fourth-order valence-corrected chi connectivity index (χ4v) is 3.55. The molecular weight excluding hydrogens is 478 g/mol. The first-order chi connectivity index (χ1) is 14.1. The van der Waals surface area contributed by atoms with E-state index in [0.717, 1.165) is 0 Å². The molecule has 0 spiro atoms. The zero-order chi connectivity index (χ0) is 23.7. The van der Waals surface area contributed by atoms with E-state index in [9.17, 15) is 39.8 Å². The predicted octanol–water partition coefficient (Wildman–Crippen LogP) is -5.16. The molecule has 0 aromatic carbocycles. The molecule has 0 aromatic rings. The van der Waals surface area contributed by atoms with E-state index >= 15 is 0 Å². The van der Waals surface area contributed by atoms with E-state index in [0.29, 0.717) is 0 Å². The van der Waals surface area contributed by atoms with Gasteiger partial charge >= 0.3 is 15.6 Å². The Morgan fingerprint density at radius 3 is 1.58 bits per heavy atom. The van der Waals surface area contributed by atoms with E-state index in [1.54, 1.807) is 0 Å². The maximum absolute atomic E-state index is 10.8.